The molecule has 2 aromatic rings. The van der Waals surface area contributed by atoms with Gasteiger partial charge in [0.05, 0.1) is 11.4 Å². The first kappa shape index (κ1) is 19.2. The Morgan fingerprint density at radius 2 is 1.76 bits per heavy atom. The molecule has 0 unspecified atom stereocenters. The third kappa shape index (κ3) is 5.73. The van der Waals surface area contributed by atoms with Crippen LogP contribution in [-0.2, 0) is 10.2 Å². The monoisotopic (exact) mass is 341 g/mol. The lowest BCUT2D eigenvalue weighted by molar-refractivity contribution is -0.116. The van der Waals surface area contributed by atoms with Gasteiger partial charge in [0.1, 0.15) is 5.82 Å². The average Bonchev–Trinajstić information content (AvgIpc) is 2.99. The van der Waals surface area contributed by atoms with Gasteiger partial charge in [0.2, 0.25) is 5.91 Å². The number of carbonyl (C=O) groups excluding carboxylic acids is 1. The maximum Gasteiger partial charge on any atom is 0.225 e. The molecule has 25 heavy (non-hydrogen) atoms. The molecule has 1 amide bonds. The molecule has 0 radical (unpaired) electrons. The van der Waals surface area contributed by atoms with E-state index in [1.807, 2.05) is 41.1 Å². The van der Waals surface area contributed by atoms with E-state index < -0.39 is 0 Å². The van der Waals surface area contributed by atoms with Crippen LogP contribution >= 0.6 is 0 Å². The molecule has 0 spiro atoms. The van der Waals surface area contributed by atoms with Crippen molar-refractivity contribution in [2.75, 3.05) is 5.32 Å². The van der Waals surface area contributed by atoms with Crippen molar-refractivity contribution in [2.45, 2.75) is 71.6 Å². The summed E-state index contributed by atoms with van der Waals surface area (Å²) >= 11 is 0. The number of benzene rings is 1. The summed E-state index contributed by atoms with van der Waals surface area (Å²) in [7, 11) is 0. The van der Waals surface area contributed by atoms with Crippen molar-refractivity contribution < 1.29 is 4.79 Å². The first-order valence-electron chi connectivity index (χ1n) is 9.37. The van der Waals surface area contributed by atoms with Gasteiger partial charge in [-0.25, -0.2) is 4.68 Å². The van der Waals surface area contributed by atoms with Crippen molar-refractivity contribution in [3.63, 3.8) is 0 Å². The van der Waals surface area contributed by atoms with Crippen LogP contribution < -0.4 is 5.32 Å². The predicted octanol–water partition coefficient (Wildman–Crippen LogP) is 5.47. The summed E-state index contributed by atoms with van der Waals surface area (Å²) < 4.78 is 1.83. The van der Waals surface area contributed by atoms with Gasteiger partial charge in [0.15, 0.2) is 0 Å². The number of nitrogens with zero attached hydrogens (tertiary/aromatic N) is 2. The van der Waals surface area contributed by atoms with Crippen LogP contribution in [0.1, 0.15) is 71.9 Å². The van der Waals surface area contributed by atoms with Gasteiger partial charge in [-0.15, -0.1) is 0 Å². The molecule has 1 aromatic heterocycles. The highest BCUT2D eigenvalue weighted by Crippen LogP contribution is 2.26. The minimum absolute atomic E-state index is 0.0639. The number of unbranched alkanes of at least 4 members (excludes halogenated alkanes) is 4. The maximum atomic E-state index is 12.3. The normalized spacial score (nSPS) is 11.5. The van der Waals surface area contributed by atoms with Crippen molar-refractivity contribution in [3.8, 4) is 5.69 Å². The molecule has 4 heteroatoms. The maximum absolute atomic E-state index is 12.3. The molecule has 0 atom stereocenters. The van der Waals surface area contributed by atoms with Gasteiger partial charge in [-0.2, -0.15) is 5.10 Å². The fourth-order valence-electron chi connectivity index (χ4n) is 2.70. The summed E-state index contributed by atoms with van der Waals surface area (Å²) in [6.07, 6.45) is 6.30. The molecule has 0 fully saturated rings. The number of hydrogen-bond acceptors (Lipinski definition) is 2. The number of nitrogens with one attached hydrogen (secondary N) is 1. The molecule has 0 aliphatic rings. The number of aromatic nitrogens is 2. The van der Waals surface area contributed by atoms with Gasteiger partial charge in [-0.05, 0) is 18.6 Å². The second kappa shape index (κ2) is 8.84. The Labute approximate surface area is 151 Å². The molecular weight excluding hydrogens is 310 g/mol. The van der Waals surface area contributed by atoms with Crippen LogP contribution in [0, 0.1) is 0 Å². The summed E-state index contributed by atoms with van der Waals surface area (Å²) in [5.41, 5.74) is 1.85. The van der Waals surface area contributed by atoms with E-state index in [4.69, 9.17) is 5.10 Å². The standard InChI is InChI=1S/C21H31N3O/c1-5-6-7-8-12-15-20(25)22-19-16-18(21(2,3)4)23-24(19)17-13-10-9-11-14-17/h9-11,13-14,16H,5-8,12,15H2,1-4H3,(H,22,25). The predicted molar refractivity (Wildman–Crippen MR) is 104 cm³/mol. The Morgan fingerprint density at radius 3 is 2.40 bits per heavy atom. The number of anilines is 1. The molecule has 1 aromatic carbocycles. The average molecular weight is 341 g/mol. The number of amides is 1. The largest absolute Gasteiger partial charge is 0.311 e. The summed E-state index contributed by atoms with van der Waals surface area (Å²) in [6.45, 7) is 8.59. The lowest BCUT2D eigenvalue weighted by Crippen LogP contribution is -2.14. The van der Waals surface area contributed by atoms with Gasteiger partial charge < -0.3 is 5.32 Å². The fraction of sp³-hybridized carbons (Fsp3) is 0.524. The highest BCUT2D eigenvalue weighted by Gasteiger charge is 2.21. The first-order chi connectivity index (χ1) is 11.9. The Morgan fingerprint density at radius 1 is 1.08 bits per heavy atom. The third-order valence-electron chi connectivity index (χ3n) is 4.25. The molecule has 2 rings (SSSR count). The minimum atomic E-state index is -0.0698. The van der Waals surface area contributed by atoms with E-state index in [-0.39, 0.29) is 11.3 Å². The van der Waals surface area contributed by atoms with Crippen molar-refractivity contribution in [2.24, 2.45) is 0 Å². The molecule has 0 saturated heterocycles. The van der Waals surface area contributed by atoms with Crippen molar-refractivity contribution >= 4 is 11.7 Å². The summed E-state index contributed by atoms with van der Waals surface area (Å²) in [5.74, 6) is 0.809. The Kier molecular flexibility index (Phi) is 6.80. The van der Waals surface area contributed by atoms with Crippen molar-refractivity contribution in [1.29, 1.82) is 0 Å². The quantitative estimate of drug-likeness (QED) is 0.647. The highest BCUT2D eigenvalue weighted by atomic mass is 16.1. The highest BCUT2D eigenvalue weighted by molar-refractivity contribution is 5.90. The molecule has 136 valence electrons. The molecule has 0 bridgehead atoms. The van der Waals surface area contributed by atoms with Crippen LogP contribution in [0.25, 0.3) is 5.69 Å². The van der Waals surface area contributed by atoms with Crippen LogP contribution in [0.15, 0.2) is 36.4 Å². The first-order valence-corrected chi connectivity index (χ1v) is 9.37. The smallest absolute Gasteiger partial charge is 0.225 e. The summed E-state index contributed by atoms with van der Waals surface area (Å²) in [6, 6.07) is 11.9. The molecule has 0 aliphatic heterocycles. The van der Waals surface area contributed by atoms with Crippen molar-refractivity contribution in [1.82, 2.24) is 9.78 Å². The summed E-state index contributed by atoms with van der Waals surface area (Å²) in [5, 5.41) is 7.78. The van der Waals surface area contributed by atoms with Crippen LogP contribution in [-0.4, -0.2) is 15.7 Å². The molecule has 1 N–H and O–H groups in total. The molecule has 4 nitrogen and oxygen atoms in total. The van der Waals surface area contributed by atoms with Gasteiger partial charge >= 0.3 is 0 Å². The van der Waals surface area contributed by atoms with Gasteiger partial charge in [-0.3, -0.25) is 4.79 Å². The van der Waals surface area contributed by atoms with E-state index >= 15 is 0 Å². The van der Waals surface area contributed by atoms with Gasteiger partial charge in [-0.1, -0.05) is 71.6 Å². The number of rotatable bonds is 8. The van der Waals surface area contributed by atoms with Crippen LogP contribution in [0.5, 0.6) is 0 Å². The van der Waals surface area contributed by atoms with Crippen LogP contribution in [0.3, 0.4) is 0 Å². The van der Waals surface area contributed by atoms with E-state index in [0.717, 1.165) is 30.0 Å². The SMILES string of the molecule is CCCCCCCC(=O)Nc1cc(C(C)(C)C)nn1-c1ccccc1. The van der Waals surface area contributed by atoms with Crippen molar-refractivity contribution in [3.05, 3.63) is 42.1 Å². The zero-order valence-corrected chi connectivity index (χ0v) is 16.0. The summed E-state index contributed by atoms with van der Waals surface area (Å²) in [4.78, 5) is 12.3. The number of para-hydroxylation sites is 1. The minimum Gasteiger partial charge on any atom is -0.311 e. The number of carbonyl (C=O) groups is 1. The molecular formula is C21H31N3O. The van der Waals surface area contributed by atoms with E-state index in [2.05, 4.69) is 33.0 Å². The number of hydrogen-bond donors (Lipinski definition) is 1. The zero-order chi connectivity index (χ0) is 18.3. The lowest BCUT2D eigenvalue weighted by Gasteiger charge is -2.14. The zero-order valence-electron chi connectivity index (χ0n) is 16.0. The topological polar surface area (TPSA) is 46.9 Å². The lowest BCUT2D eigenvalue weighted by atomic mass is 9.92. The van der Waals surface area contributed by atoms with E-state index in [0.29, 0.717) is 6.42 Å². The third-order valence-corrected chi connectivity index (χ3v) is 4.25. The fourth-order valence-corrected chi connectivity index (χ4v) is 2.70. The second-order valence-corrected chi connectivity index (χ2v) is 7.62. The molecule has 0 aliphatic carbocycles. The Hall–Kier alpha value is -2.10. The molecule has 0 saturated carbocycles. The van der Waals surface area contributed by atoms with E-state index in [1.165, 1.54) is 19.3 Å². The van der Waals surface area contributed by atoms with E-state index in [9.17, 15) is 4.79 Å². The van der Waals surface area contributed by atoms with Gasteiger partial charge in [0, 0.05) is 17.9 Å². The van der Waals surface area contributed by atoms with Gasteiger partial charge in [0.25, 0.3) is 0 Å². The second-order valence-electron chi connectivity index (χ2n) is 7.62. The Bertz CT molecular complexity index is 668. The Balaban J connectivity index is 2.10. The molecule has 1 heterocycles. The van der Waals surface area contributed by atoms with Crippen LogP contribution in [0.4, 0.5) is 5.82 Å². The van der Waals surface area contributed by atoms with E-state index in [1.54, 1.807) is 0 Å². The van der Waals surface area contributed by atoms with Crippen LogP contribution in [0.2, 0.25) is 0 Å².